The number of benzene rings is 2. The molecule has 0 aromatic heterocycles. The topological polar surface area (TPSA) is 125 Å². The monoisotopic (exact) mass is 701 g/mol. The third kappa shape index (κ3) is 7.49. The molecule has 3 heterocycles. The van der Waals surface area contributed by atoms with Gasteiger partial charge < -0.3 is 24.4 Å². The van der Waals surface area contributed by atoms with Crippen molar-refractivity contribution >= 4 is 39.1 Å². The molecule has 5 atom stereocenters. The van der Waals surface area contributed by atoms with Crippen molar-refractivity contribution in [3.8, 4) is 5.75 Å². The second kappa shape index (κ2) is 13.8. The van der Waals surface area contributed by atoms with Crippen LogP contribution in [-0.2, 0) is 43.0 Å². The van der Waals surface area contributed by atoms with Crippen molar-refractivity contribution in [1.82, 2.24) is 9.62 Å². The standard InChI is InChI=1S/C36H48ClN3O7S/c1-35-14-11-29(35)32-18-24(13-17-46-32)12-16-39(2)33(41)21-36(43,34(42)38-48(3,44)45)27-8-10-31-30(20-27)40(23-35)15-5-4-6-25-19-28(37)9-7-26(25)22-47-31/h7-10,19-20,24,29,32,43H,4-6,11-18,21-23H2,1-3H3,(H,38,42)/t24-,29-,32-,35?,36+/m0/s1. The minimum atomic E-state index is -4.04. The Morgan fingerprint density at radius 3 is 2.65 bits per heavy atom. The normalized spacial score (nSPS) is 30.1. The lowest BCUT2D eigenvalue weighted by Gasteiger charge is -2.54. The summed E-state index contributed by atoms with van der Waals surface area (Å²) in [5, 5.41) is 12.8. The zero-order valence-corrected chi connectivity index (χ0v) is 29.7. The van der Waals surface area contributed by atoms with Crippen LogP contribution in [0.4, 0.5) is 5.69 Å². The van der Waals surface area contributed by atoms with Gasteiger partial charge in [0, 0.05) is 38.3 Å². The van der Waals surface area contributed by atoms with E-state index in [1.54, 1.807) is 25.2 Å². The molecule has 2 N–H and O–H groups in total. The van der Waals surface area contributed by atoms with Gasteiger partial charge in [0.15, 0.2) is 5.60 Å². The number of amides is 2. The number of nitrogens with zero attached hydrogens (tertiary/aromatic N) is 2. The maximum atomic E-state index is 13.6. The highest BCUT2D eigenvalue weighted by Crippen LogP contribution is 2.52. The summed E-state index contributed by atoms with van der Waals surface area (Å²) in [6.07, 6.45) is 7.84. The first-order chi connectivity index (χ1) is 22.7. The molecule has 4 bridgehead atoms. The Bertz CT molecular complexity index is 1650. The van der Waals surface area contributed by atoms with Gasteiger partial charge in [-0.1, -0.05) is 30.7 Å². The van der Waals surface area contributed by atoms with Gasteiger partial charge in [-0.15, -0.1) is 0 Å². The van der Waals surface area contributed by atoms with E-state index in [2.05, 4.69) is 11.8 Å². The number of halogens is 1. The lowest BCUT2D eigenvalue weighted by atomic mass is 9.57. The Kier molecular flexibility index (Phi) is 10.1. The van der Waals surface area contributed by atoms with Gasteiger partial charge >= 0.3 is 0 Å². The Labute approximate surface area is 289 Å². The lowest BCUT2D eigenvalue weighted by Crippen LogP contribution is -2.53. The number of fused-ring (bicyclic) bond motifs is 6. The smallest absolute Gasteiger partial charge is 0.270 e. The van der Waals surface area contributed by atoms with E-state index in [-0.39, 0.29) is 17.1 Å². The van der Waals surface area contributed by atoms with E-state index in [1.165, 1.54) is 4.90 Å². The predicted molar refractivity (Wildman–Crippen MR) is 184 cm³/mol. The molecule has 3 aliphatic heterocycles. The van der Waals surface area contributed by atoms with Gasteiger partial charge in [0.25, 0.3) is 5.91 Å². The van der Waals surface area contributed by atoms with Gasteiger partial charge in [0.05, 0.1) is 24.5 Å². The lowest BCUT2D eigenvalue weighted by molar-refractivity contribution is -0.148. The molecule has 48 heavy (non-hydrogen) atoms. The molecule has 262 valence electrons. The molecule has 1 aliphatic carbocycles. The SMILES string of the molecule is CN1CC[C@H]2CCO[C@@H](C2)[C@@H]2CCC2(C)CN2CCCCc3cc(Cl)ccc3COc3ccc(cc32)[C@@](O)(C(=O)NS(C)(=O)=O)CC1=O. The summed E-state index contributed by atoms with van der Waals surface area (Å²) in [5.41, 5.74) is 0.507. The van der Waals surface area contributed by atoms with E-state index in [9.17, 15) is 23.1 Å². The fraction of sp³-hybridized carbons (Fsp3) is 0.611. The first-order valence-corrected chi connectivity index (χ1v) is 19.4. The van der Waals surface area contributed by atoms with Gasteiger partial charge in [-0.2, -0.15) is 0 Å². The molecule has 1 saturated carbocycles. The van der Waals surface area contributed by atoms with Crippen LogP contribution in [0.5, 0.6) is 5.75 Å². The quantitative estimate of drug-likeness (QED) is 0.458. The summed E-state index contributed by atoms with van der Waals surface area (Å²) < 4.78 is 39.3. The summed E-state index contributed by atoms with van der Waals surface area (Å²) in [5.74, 6) is -0.276. The van der Waals surface area contributed by atoms with Crippen molar-refractivity contribution in [3.63, 3.8) is 0 Å². The summed E-state index contributed by atoms with van der Waals surface area (Å²) in [6, 6.07) is 10.8. The molecular formula is C36H48ClN3O7S. The van der Waals surface area contributed by atoms with E-state index in [0.29, 0.717) is 54.6 Å². The van der Waals surface area contributed by atoms with E-state index >= 15 is 0 Å². The molecule has 10 nitrogen and oxygen atoms in total. The number of hydrogen-bond donors (Lipinski definition) is 2. The van der Waals surface area contributed by atoms with Crippen LogP contribution in [0.3, 0.4) is 0 Å². The molecule has 2 aromatic rings. The number of nitrogens with one attached hydrogen (secondary N) is 1. The Morgan fingerprint density at radius 1 is 1.08 bits per heavy atom. The first kappa shape index (κ1) is 35.0. The third-order valence-electron chi connectivity index (χ3n) is 11.2. The number of carbonyl (C=O) groups excluding carboxylic acids is 2. The molecule has 2 amide bonds. The average molecular weight is 702 g/mol. The van der Waals surface area contributed by atoms with Crippen LogP contribution in [0.15, 0.2) is 36.4 Å². The minimum absolute atomic E-state index is 0.0374. The predicted octanol–water partition coefficient (Wildman–Crippen LogP) is 4.79. The highest BCUT2D eigenvalue weighted by atomic mass is 35.5. The number of ether oxygens (including phenoxy) is 2. The zero-order chi connectivity index (χ0) is 34.3. The van der Waals surface area contributed by atoms with Crippen molar-refractivity contribution in [2.24, 2.45) is 17.3 Å². The number of anilines is 1. The Balaban J connectivity index is 1.47. The molecule has 0 spiro atoms. The zero-order valence-electron chi connectivity index (χ0n) is 28.2. The number of sulfonamides is 1. The second-order valence-electron chi connectivity index (χ2n) is 14.7. The summed E-state index contributed by atoms with van der Waals surface area (Å²) in [6.45, 7) is 5.21. The molecule has 0 radical (unpaired) electrons. The van der Waals surface area contributed by atoms with Gasteiger partial charge in [-0.3, -0.25) is 14.3 Å². The van der Waals surface area contributed by atoms with Crippen molar-refractivity contribution in [1.29, 1.82) is 0 Å². The molecule has 2 aromatic carbocycles. The van der Waals surface area contributed by atoms with Crippen LogP contribution < -0.4 is 14.4 Å². The summed E-state index contributed by atoms with van der Waals surface area (Å²) in [7, 11) is -2.37. The van der Waals surface area contributed by atoms with Gasteiger partial charge in [0.1, 0.15) is 12.4 Å². The number of aryl methyl sites for hydroxylation is 1. The van der Waals surface area contributed by atoms with Crippen molar-refractivity contribution < 1.29 is 32.6 Å². The van der Waals surface area contributed by atoms with Crippen molar-refractivity contribution in [2.45, 2.75) is 83.0 Å². The number of rotatable bonds is 2. The first-order valence-electron chi connectivity index (χ1n) is 17.1. The highest BCUT2D eigenvalue weighted by molar-refractivity contribution is 7.89. The second-order valence-corrected chi connectivity index (χ2v) is 16.9. The number of carbonyl (C=O) groups is 2. The van der Waals surface area contributed by atoms with E-state index < -0.39 is 33.9 Å². The van der Waals surface area contributed by atoms with E-state index in [0.717, 1.165) is 75.3 Å². The average Bonchev–Trinajstić information content (AvgIpc) is 3.05. The van der Waals surface area contributed by atoms with Crippen LogP contribution in [-0.4, -0.2) is 75.9 Å². The third-order valence-corrected chi connectivity index (χ3v) is 11.9. The molecule has 6 rings (SSSR count). The van der Waals surface area contributed by atoms with Crippen LogP contribution in [0.1, 0.15) is 75.0 Å². The number of hydrogen-bond acceptors (Lipinski definition) is 8. The molecule has 1 saturated heterocycles. The maximum Gasteiger partial charge on any atom is 0.270 e. The molecular weight excluding hydrogens is 654 g/mol. The maximum absolute atomic E-state index is 13.6. The van der Waals surface area contributed by atoms with Gasteiger partial charge in [-0.05, 0) is 110 Å². The van der Waals surface area contributed by atoms with Crippen LogP contribution >= 0.6 is 11.6 Å². The Morgan fingerprint density at radius 2 is 1.90 bits per heavy atom. The van der Waals surface area contributed by atoms with Crippen molar-refractivity contribution in [3.05, 3.63) is 58.1 Å². The van der Waals surface area contributed by atoms with Crippen LogP contribution in [0.25, 0.3) is 0 Å². The van der Waals surface area contributed by atoms with Crippen LogP contribution in [0, 0.1) is 17.3 Å². The summed E-state index contributed by atoms with van der Waals surface area (Å²) >= 11 is 6.37. The van der Waals surface area contributed by atoms with Gasteiger partial charge in [-0.25, -0.2) is 8.42 Å². The summed E-state index contributed by atoms with van der Waals surface area (Å²) in [4.78, 5) is 31.1. The largest absolute Gasteiger partial charge is 0.487 e. The van der Waals surface area contributed by atoms with Crippen LogP contribution in [0.2, 0.25) is 5.02 Å². The minimum Gasteiger partial charge on any atom is -0.487 e. The van der Waals surface area contributed by atoms with Crippen molar-refractivity contribution in [2.75, 3.05) is 44.4 Å². The fourth-order valence-corrected chi connectivity index (χ4v) is 8.81. The van der Waals surface area contributed by atoms with E-state index in [4.69, 9.17) is 21.1 Å². The Hall–Kier alpha value is -2.86. The van der Waals surface area contributed by atoms with Gasteiger partial charge in [0.2, 0.25) is 15.9 Å². The molecule has 12 heteroatoms. The fourth-order valence-electron chi connectivity index (χ4n) is 8.11. The number of aliphatic hydroxyl groups is 1. The molecule has 1 unspecified atom stereocenters. The molecule has 4 aliphatic rings. The molecule has 2 fully saturated rings. The highest BCUT2D eigenvalue weighted by Gasteiger charge is 2.50. The van der Waals surface area contributed by atoms with E-state index in [1.807, 2.05) is 22.9 Å².